The van der Waals surface area contributed by atoms with Crippen molar-refractivity contribution in [2.75, 3.05) is 0 Å². The Morgan fingerprint density at radius 1 is 0.565 bits per heavy atom. The summed E-state index contributed by atoms with van der Waals surface area (Å²) in [5.41, 5.74) is 10.9. The van der Waals surface area contributed by atoms with Crippen molar-refractivity contribution in [1.29, 1.82) is 0 Å². The molecule has 6 aromatic rings. The van der Waals surface area contributed by atoms with E-state index in [2.05, 4.69) is 171 Å². The van der Waals surface area contributed by atoms with Crippen LogP contribution in [0.5, 0.6) is 0 Å². The Kier molecular flexibility index (Phi) is 15.7. The van der Waals surface area contributed by atoms with E-state index < -0.39 is 20.8 Å². The number of aryl methyl sites for hydroxylation is 1. The van der Waals surface area contributed by atoms with E-state index in [0.29, 0.717) is 17.8 Å². The first-order valence-corrected chi connectivity index (χ1v) is 24.5. The minimum absolute atomic E-state index is 0.577. The maximum absolute atomic E-state index is 4.93. The van der Waals surface area contributed by atoms with Crippen molar-refractivity contribution < 1.29 is 20.8 Å². The van der Waals surface area contributed by atoms with Crippen LogP contribution in [0, 0.1) is 6.92 Å². The van der Waals surface area contributed by atoms with Gasteiger partial charge in [-0.1, -0.05) is 133 Å². The van der Waals surface area contributed by atoms with Gasteiger partial charge in [-0.15, -0.1) is 69.1 Å². The molecule has 0 aromatic heterocycles. The maximum atomic E-state index is 4.93. The van der Waals surface area contributed by atoms with Crippen LogP contribution in [-0.2, 0) is 20.8 Å². The van der Waals surface area contributed by atoms with Crippen molar-refractivity contribution in [1.82, 2.24) is 0 Å². The first-order chi connectivity index (χ1) is 22.0. The standard InChI is InChI=1S/C21H23.C19H19.C2H6Si.2ClH.Zr/c1-14(2)16-8-10-17(11-9-16)20-7-5-6-18-12-19(15(3)4)13-21(18)20;1-13(2)15-7-9-16(10-8-15)18-6-4-5-17-11-14(3)12-19(17)18;1-3-2;;;/h5-15H,1-4H3;4-13H,1-3H3;1-2H3;2*1H;/q2*-1;;;;+4/p-2. The number of hydrogen-bond donors (Lipinski definition) is 0. The predicted molar refractivity (Wildman–Crippen MR) is 206 cm³/mol. The van der Waals surface area contributed by atoms with Gasteiger partial charge < -0.3 is 0 Å². The van der Waals surface area contributed by atoms with E-state index in [9.17, 15) is 0 Å². The van der Waals surface area contributed by atoms with Gasteiger partial charge in [0.25, 0.3) is 0 Å². The second-order valence-corrected chi connectivity index (χ2v) is 17.4. The number of rotatable bonds is 5. The number of fused-ring (bicyclic) bond motifs is 2. The summed E-state index contributed by atoms with van der Waals surface area (Å²) in [4.78, 5) is 0. The average Bonchev–Trinajstić information content (AvgIpc) is 3.65. The van der Waals surface area contributed by atoms with Crippen molar-refractivity contribution in [3.63, 3.8) is 0 Å². The van der Waals surface area contributed by atoms with Crippen molar-refractivity contribution >= 4 is 48.1 Å². The van der Waals surface area contributed by atoms with Gasteiger partial charge in [0.15, 0.2) is 0 Å². The summed E-state index contributed by atoms with van der Waals surface area (Å²) in [6.45, 7) is 19.9. The van der Waals surface area contributed by atoms with E-state index in [-0.39, 0.29) is 0 Å². The predicted octanol–water partition coefficient (Wildman–Crippen LogP) is 14.3. The van der Waals surface area contributed by atoms with Crippen LogP contribution in [0.2, 0.25) is 13.1 Å². The second kappa shape index (κ2) is 18.9. The zero-order valence-corrected chi connectivity index (χ0v) is 33.9. The van der Waals surface area contributed by atoms with Crippen LogP contribution in [0.1, 0.15) is 81.5 Å². The summed E-state index contributed by atoms with van der Waals surface area (Å²) >= 11 is -0.826. The molecule has 0 fully saturated rings. The summed E-state index contributed by atoms with van der Waals surface area (Å²) in [5.74, 6) is 1.75. The van der Waals surface area contributed by atoms with Crippen LogP contribution < -0.4 is 0 Å². The second-order valence-electron chi connectivity index (χ2n) is 12.7. The third-order valence-corrected chi connectivity index (χ3v) is 8.11. The molecular weight excluding hydrogens is 695 g/mol. The van der Waals surface area contributed by atoms with Crippen molar-refractivity contribution in [2.24, 2.45) is 0 Å². The van der Waals surface area contributed by atoms with Crippen LogP contribution in [0.15, 0.2) is 109 Å². The Morgan fingerprint density at radius 2 is 0.957 bits per heavy atom. The third kappa shape index (κ3) is 10.4. The van der Waals surface area contributed by atoms with Gasteiger partial charge >= 0.3 is 37.9 Å². The summed E-state index contributed by atoms with van der Waals surface area (Å²) in [6, 6.07) is 40.4. The van der Waals surface area contributed by atoms with Crippen LogP contribution in [0.25, 0.3) is 43.8 Å². The van der Waals surface area contributed by atoms with E-state index in [1.165, 1.54) is 66.1 Å². The SMILES string of the molecule is CC(C)c1ccc(-c2cccc3[cH-]c(C(C)C)cc23)cc1.C[Si]C.Cc1cc2c(-c3ccc(C(C)C)cc3)cccc2[cH-]1.[Cl][Zr+2][Cl]. The fraction of sp³-hybridized carbons (Fsp3) is 0.286. The van der Waals surface area contributed by atoms with Crippen molar-refractivity contribution in [2.45, 2.75) is 79.3 Å². The molecule has 0 N–H and O–H groups in total. The summed E-state index contributed by atoms with van der Waals surface area (Å²) < 4.78 is 0. The Labute approximate surface area is 299 Å². The molecule has 4 heteroatoms. The zero-order chi connectivity index (χ0) is 33.8. The fourth-order valence-electron chi connectivity index (χ4n) is 5.57. The molecule has 0 saturated heterocycles. The zero-order valence-electron chi connectivity index (χ0n) is 28.9. The topological polar surface area (TPSA) is 0 Å². The monoisotopic (exact) mass is 740 g/mol. The van der Waals surface area contributed by atoms with Crippen molar-refractivity contribution in [3.8, 4) is 22.3 Å². The molecule has 238 valence electrons. The summed E-state index contributed by atoms with van der Waals surface area (Å²) in [5, 5.41) is 5.42. The Hall–Kier alpha value is -2.22. The molecule has 0 saturated carbocycles. The molecule has 0 amide bonds. The third-order valence-electron chi connectivity index (χ3n) is 8.11. The van der Waals surface area contributed by atoms with Crippen molar-refractivity contribution in [3.05, 3.63) is 131 Å². The number of benzene rings is 4. The quantitative estimate of drug-likeness (QED) is 0.122. The molecule has 0 aliphatic carbocycles. The van der Waals surface area contributed by atoms with Gasteiger partial charge in [-0.2, -0.15) is 12.1 Å². The number of halogens is 2. The molecule has 2 radical (unpaired) electrons. The molecule has 0 spiro atoms. The summed E-state index contributed by atoms with van der Waals surface area (Å²) in [7, 11) is 11.0. The van der Waals surface area contributed by atoms with E-state index in [1.807, 2.05) is 0 Å². The summed E-state index contributed by atoms with van der Waals surface area (Å²) in [6.07, 6.45) is 0. The van der Waals surface area contributed by atoms with Gasteiger partial charge in [-0.3, -0.25) is 0 Å². The average molecular weight is 743 g/mol. The van der Waals surface area contributed by atoms with Gasteiger partial charge in [0.2, 0.25) is 0 Å². The van der Waals surface area contributed by atoms with Crippen LogP contribution in [-0.4, -0.2) is 9.52 Å². The Balaban J connectivity index is 0.000000215. The first-order valence-electron chi connectivity index (χ1n) is 16.1. The molecule has 46 heavy (non-hydrogen) atoms. The number of hydrogen-bond acceptors (Lipinski definition) is 0. The molecule has 0 aliphatic heterocycles. The molecule has 0 atom stereocenters. The molecule has 0 heterocycles. The normalized spacial score (nSPS) is 10.7. The van der Waals surface area contributed by atoms with Crippen LogP contribution in [0.3, 0.4) is 0 Å². The Morgan fingerprint density at radius 3 is 1.35 bits per heavy atom. The van der Waals surface area contributed by atoms with Gasteiger partial charge in [0.05, 0.1) is 0 Å². The molecule has 0 aliphatic rings. The van der Waals surface area contributed by atoms with Crippen LogP contribution in [0.4, 0.5) is 0 Å². The van der Waals surface area contributed by atoms with E-state index in [0.717, 1.165) is 9.52 Å². The van der Waals surface area contributed by atoms with E-state index in [1.54, 1.807) is 0 Å². The minimum atomic E-state index is -0.826. The Bertz CT molecular complexity index is 1750. The van der Waals surface area contributed by atoms with E-state index >= 15 is 0 Å². The first kappa shape index (κ1) is 38.2. The molecule has 0 bridgehead atoms. The molecule has 6 rings (SSSR count). The molecular formula is C42H48Cl2SiZr. The van der Waals surface area contributed by atoms with E-state index in [4.69, 9.17) is 17.0 Å². The van der Waals surface area contributed by atoms with Gasteiger partial charge in [0, 0.05) is 9.52 Å². The van der Waals surface area contributed by atoms with Gasteiger partial charge in [0.1, 0.15) is 0 Å². The van der Waals surface area contributed by atoms with Gasteiger partial charge in [-0.25, -0.2) is 0 Å². The molecule has 0 nitrogen and oxygen atoms in total. The fourth-order valence-corrected chi connectivity index (χ4v) is 5.57. The van der Waals surface area contributed by atoms with Gasteiger partial charge in [-0.05, 0) is 40.0 Å². The molecule has 0 unspecified atom stereocenters. The molecule has 6 aromatic carbocycles. The van der Waals surface area contributed by atoms with Crippen LogP contribution >= 0.6 is 17.0 Å².